The summed E-state index contributed by atoms with van der Waals surface area (Å²) in [7, 11) is 0. The van der Waals surface area contributed by atoms with E-state index >= 15 is 0 Å². The van der Waals surface area contributed by atoms with Crippen LogP contribution in [0.25, 0.3) is 0 Å². The number of allylic oxidation sites excluding steroid dienone is 3. The summed E-state index contributed by atoms with van der Waals surface area (Å²) in [5.41, 5.74) is 0. The molecule has 3 nitrogen and oxygen atoms in total. The Hall–Kier alpha value is -1.09. The Balaban J connectivity index is 2.51. The van der Waals surface area contributed by atoms with E-state index in [0.717, 1.165) is 19.4 Å². The molecule has 1 aliphatic heterocycles. The van der Waals surface area contributed by atoms with E-state index in [1.807, 2.05) is 19.1 Å². The van der Waals surface area contributed by atoms with Crippen molar-refractivity contribution in [2.75, 3.05) is 13.2 Å². The van der Waals surface area contributed by atoms with Crippen LogP contribution < -0.4 is 0 Å². The number of hydrogen-bond donors (Lipinski definition) is 1. The van der Waals surface area contributed by atoms with E-state index in [0.29, 0.717) is 0 Å². The van der Waals surface area contributed by atoms with E-state index in [-0.39, 0.29) is 18.6 Å². The Labute approximate surface area is 84.7 Å². The lowest BCUT2D eigenvalue weighted by atomic mass is 10.2. The van der Waals surface area contributed by atoms with Crippen molar-refractivity contribution in [3.05, 3.63) is 24.3 Å². The lowest BCUT2D eigenvalue weighted by molar-refractivity contribution is -0.127. The highest BCUT2D eigenvalue weighted by molar-refractivity contribution is 5.88. The molecule has 78 valence electrons. The normalized spacial score (nSPS) is 22.7. The van der Waals surface area contributed by atoms with Crippen LogP contribution in [0.1, 0.15) is 19.8 Å². The molecule has 0 aromatic carbocycles. The molecule has 0 saturated carbocycles. The smallest absolute Gasteiger partial charge is 0.246 e. The highest BCUT2D eigenvalue weighted by atomic mass is 16.3. The summed E-state index contributed by atoms with van der Waals surface area (Å²) < 4.78 is 0. The second kappa shape index (κ2) is 5.60. The van der Waals surface area contributed by atoms with Gasteiger partial charge in [-0.25, -0.2) is 0 Å². The molecule has 0 radical (unpaired) electrons. The van der Waals surface area contributed by atoms with E-state index < -0.39 is 0 Å². The molecule has 1 amide bonds. The van der Waals surface area contributed by atoms with Gasteiger partial charge in [0, 0.05) is 12.6 Å². The zero-order valence-electron chi connectivity index (χ0n) is 8.52. The molecule has 0 unspecified atom stereocenters. The average Bonchev–Trinajstić information content (AvgIpc) is 2.65. The third-order valence-corrected chi connectivity index (χ3v) is 2.41. The Kier molecular flexibility index (Phi) is 4.40. The maximum atomic E-state index is 11.6. The minimum atomic E-state index is -0.000324. The Morgan fingerprint density at radius 1 is 1.57 bits per heavy atom. The summed E-state index contributed by atoms with van der Waals surface area (Å²) in [6.07, 6.45) is 8.89. The molecular weight excluding hydrogens is 178 g/mol. The molecule has 1 heterocycles. The van der Waals surface area contributed by atoms with Crippen LogP contribution >= 0.6 is 0 Å². The molecule has 1 rings (SSSR count). The van der Waals surface area contributed by atoms with Gasteiger partial charge in [-0.2, -0.15) is 0 Å². The summed E-state index contributed by atoms with van der Waals surface area (Å²) >= 11 is 0. The molecule has 0 bridgehead atoms. The molecule has 0 aromatic rings. The standard InChI is InChI=1S/C11H17NO2/c1-2-3-4-7-11(14)12-8-5-6-10(12)9-13/h2-4,7,10,13H,5-6,8-9H2,1H3/t10-/m1/s1. The van der Waals surface area contributed by atoms with E-state index in [2.05, 4.69) is 0 Å². The molecular formula is C11H17NO2. The fourth-order valence-corrected chi connectivity index (χ4v) is 1.66. The number of amides is 1. The summed E-state index contributed by atoms with van der Waals surface area (Å²) in [4.78, 5) is 13.3. The zero-order valence-corrected chi connectivity index (χ0v) is 8.52. The average molecular weight is 195 g/mol. The third-order valence-electron chi connectivity index (χ3n) is 2.41. The van der Waals surface area contributed by atoms with E-state index in [1.165, 1.54) is 0 Å². The molecule has 0 spiro atoms. The van der Waals surface area contributed by atoms with Gasteiger partial charge >= 0.3 is 0 Å². The Bertz CT molecular complexity index is 246. The molecule has 1 N–H and O–H groups in total. The molecule has 1 atom stereocenters. The van der Waals surface area contributed by atoms with Gasteiger partial charge in [0.2, 0.25) is 5.91 Å². The Morgan fingerprint density at radius 2 is 2.36 bits per heavy atom. The first kappa shape index (κ1) is 11.0. The van der Waals surface area contributed by atoms with Crippen LogP contribution in [-0.2, 0) is 4.79 Å². The largest absolute Gasteiger partial charge is 0.394 e. The monoisotopic (exact) mass is 195 g/mol. The molecule has 1 saturated heterocycles. The quantitative estimate of drug-likeness (QED) is 0.541. The summed E-state index contributed by atoms with van der Waals surface area (Å²) in [6, 6.07) is 0.0257. The molecule has 0 aromatic heterocycles. The number of aliphatic hydroxyl groups excluding tert-OH is 1. The summed E-state index contributed by atoms with van der Waals surface area (Å²) in [5, 5.41) is 9.02. The van der Waals surface area contributed by atoms with Gasteiger partial charge in [-0.3, -0.25) is 4.79 Å². The van der Waals surface area contributed by atoms with Gasteiger partial charge in [-0.15, -0.1) is 0 Å². The maximum absolute atomic E-state index is 11.6. The van der Waals surface area contributed by atoms with Gasteiger partial charge in [0.05, 0.1) is 12.6 Å². The van der Waals surface area contributed by atoms with Crippen LogP contribution in [0, 0.1) is 0 Å². The first-order chi connectivity index (χ1) is 6.79. The van der Waals surface area contributed by atoms with Crippen LogP contribution in [0.15, 0.2) is 24.3 Å². The highest BCUT2D eigenvalue weighted by Crippen LogP contribution is 2.16. The van der Waals surface area contributed by atoms with Crippen LogP contribution in [0.3, 0.4) is 0 Å². The van der Waals surface area contributed by atoms with Crippen LogP contribution in [-0.4, -0.2) is 35.1 Å². The maximum Gasteiger partial charge on any atom is 0.246 e. The predicted molar refractivity (Wildman–Crippen MR) is 55.8 cm³/mol. The third kappa shape index (κ3) is 2.70. The topological polar surface area (TPSA) is 40.5 Å². The molecule has 3 heteroatoms. The Morgan fingerprint density at radius 3 is 3.00 bits per heavy atom. The van der Waals surface area contributed by atoms with Crippen LogP contribution in [0.4, 0.5) is 0 Å². The number of aliphatic hydroxyl groups is 1. The number of rotatable bonds is 3. The molecule has 14 heavy (non-hydrogen) atoms. The van der Waals surface area contributed by atoms with Crippen molar-refractivity contribution >= 4 is 5.91 Å². The summed E-state index contributed by atoms with van der Waals surface area (Å²) in [5.74, 6) is -0.000324. The van der Waals surface area contributed by atoms with Crippen LogP contribution in [0.2, 0.25) is 0 Å². The van der Waals surface area contributed by atoms with E-state index in [4.69, 9.17) is 5.11 Å². The minimum absolute atomic E-state index is 0.000324. The van der Waals surface area contributed by atoms with Crippen molar-refractivity contribution in [3.63, 3.8) is 0 Å². The van der Waals surface area contributed by atoms with Crippen molar-refractivity contribution in [1.82, 2.24) is 4.90 Å². The number of hydrogen-bond acceptors (Lipinski definition) is 2. The van der Waals surface area contributed by atoms with Gasteiger partial charge in [0.15, 0.2) is 0 Å². The van der Waals surface area contributed by atoms with Crippen LogP contribution in [0.5, 0.6) is 0 Å². The lowest BCUT2D eigenvalue weighted by Gasteiger charge is -2.21. The van der Waals surface area contributed by atoms with Gasteiger partial charge in [0.1, 0.15) is 0 Å². The first-order valence-electron chi connectivity index (χ1n) is 5.00. The second-order valence-electron chi connectivity index (χ2n) is 3.40. The van der Waals surface area contributed by atoms with Crippen molar-refractivity contribution in [3.8, 4) is 0 Å². The first-order valence-corrected chi connectivity index (χ1v) is 5.00. The fraction of sp³-hybridized carbons (Fsp3) is 0.545. The van der Waals surface area contributed by atoms with E-state index in [1.54, 1.807) is 17.1 Å². The number of likely N-dealkylation sites (tertiary alicyclic amines) is 1. The van der Waals surface area contributed by atoms with E-state index in [9.17, 15) is 4.79 Å². The van der Waals surface area contributed by atoms with Gasteiger partial charge < -0.3 is 10.0 Å². The zero-order chi connectivity index (χ0) is 10.4. The van der Waals surface area contributed by atoms with Crippen molar-refractivity contribution < 1.29 is 9.90 Å². The molecule has 0 aliphatic carbocycles. The van der Waals surface area contributed by atoms with Gasteiger partial charge in [-0.1, -0.05) is 18.2 Å². The predicted octanol–water partition coefficient (Wildman–Crippen LogP) is 1.10. The van der Waals surface area contributed by atoms with Gasteiger partial charge in [-0.05, 0) is 19.8 Å². The SMILES string of the molecule is CC=CC=CC(=O)N1CCC[C@@H]1CO. The number of carbonyl (C=O) groups excluding carboxylic acids is 1. The minimum Gasteiger partial charge on any atom is -0.394 e. The highest BCUT2D eigenvalue weighted by Gasteiger charge is 2.26. The number of nitrogens with zero attached hydrogens (tertiary/aromatic N) is 1. The summed E-state index contributed by atoms with van der Waals surface area (Å²) in [6.45, 7) is 2.74. The van der Waals surface area contributed by atoms with Crippen molar-refractivity contribution in [2.45, 2.75) is 25.8 Å². The number of carbonyl (C=O) groups is 1. The molecule has 1 aliphatic rings. The molecule has 1 fully saturated rings. The second-order valence-corrected chi connectivity index (χ2v) is 3.40. The van der Waals surface area contributed by atoms with Gasteiger partial charge in [0.25, 0.3) is 0 Å². The lowest BCUT2D eigenvalue weighted by Crippen LogP contribution is -2.36. The van der Waals surface area contributed by atoms with Crippen molar-refractivity contribution in [2.24, 2.45) is 0 Å². The van der Waals surface area contributed by atoms with Crippen molar-refractivity contribution in [1.29, 1.82) is 0 Å². The fourth-order valence-electron chi connectivity index (χ4n) is 1.66.